The van der Waals surface area contributed by atoms with Gasteiger partial charge in [-0.05, 0) is 29.5 Å². The van der Waals surface area contributed by atoms with Crippen molar-refractivity contribution in [2.75, 3.05) is 5.32 Å². The highest BCUT2D eigenvalue weighted by Gasteiger charge is 2.22. The zero-order valence-electron chi connectivity index (χ0n) is 17.7. The molecule has 1 unspecified atom stereocenters. The fourth-order valence-corrected chi connectivity index (χ4v) is 2.49. The van der Waals surface area contributed by atoms with Crippen LogP contribution in [-0.4, -0.2) is 36.8 Å². The summed E-state index contributed by atoms with van der Waals surface area (Å²) in [5.74, 6) is 0.833. The normalized spacial score (nSPS) is 13.0. The highest BCUT2D eigenvalue weighted by atomic mass is 16.6. The Morgan fingerprint density at radius 2 is 1.87 bits per heavy atom. The second kappa shape index (κ2) is 8.81. The molecule has 0 aliphatic heterocycles. The van der Waals surface area contributed by atoms with Gasteiger partial charge in [0.25, 0.3) is 0 Å². The lowest BCUT2D eigenvalue weighted by Gasteiger charge is -2.18. The number of amides is 1. The molecule has 0 saturated carbocycles. The molecule has 0 aliphatic carbocycles. The Balaban J connectivity index is 1.82. The van der Waals surface area contributed by atoms with Gasteiger partial charge in [0.2, 0.25) is 11.7 Å². The summed E-state index contributed by atoms with van der Waals surface area (Å²) in [7, 11) is 1.74. The lowest BCUT2D eigenvalue weighted by molar-refractivity contribution is -0.123. The van der Waals surface area contributed by atoms with Crippen LogP contribution in [0.5, 0.6) is 0 Å². The molecule has 0 aliphatic rings. The molecule has 0 spiro atoms. The van der Waals surface area contributed by atoms with Gasteiger partial charge in [-0.15, -0.1) is 5.10 Å². The van der Waals surface area contributed by atoms with Crippen LogP contribution in [0.2, 0.25) is 0 Å². The first-order chi connectivity index (χ1) is 14.3. The Kier molecular flexibility index (Phi) is 6.20. The SMILES string of the molecule is CC(O/N=C(/c1ccccc1)c1nnnn1C)c1cccc(NC(=O)C(C)(C)C)n1. The molecule has 0 saturated heterocycles. The summed E-state index contributed by atoms with van der Waals surface area (Å²) in [4.78, 5) is 22.5. The molecule has 3 aromatic rings. The van der Waals surface area contributed by atoms with Gasteiger partial charge in [-0.1, -0.05) is 62.3 Å². The first-order valence-electron chi connectivity index (χ1n) is 9.56. The molecule has 1 aromatic carbocycles. The van der Waals surface area contributed by atoms with Crippen molar-refractivity contribution in [1.29, 1.82) is 0 Å². The van der Waals surface area contributed by atoms with Crippen molar-refractivity contribution in [1.82, 2.24) is 25.2 Å². The van der Waals surface area contributed by atoms with E-state index in [-0.39, 0.29) is 5.91 Å². The largest absolute Gasteiger partial charge is 0.386 e. The first-order valence-corrected chi connectivity index (χ1v) is 9.56. The average Bonchev–Trinajstić information content (AvgIpc) is 3.14. The molecule has 9 heteroatoms. The smallest absolute Gasteiger partial charge is 0.230 e. The second-order valence-corrected chi connectivity index (χ2v) is 7.83. The van der Waals surface area contributed by atoms with Crippen molar-refractivity contribution >= 4 is 17.4 Å². The summed E-state index contributed by atoms with van der Waals surface area (Å²) in [6.45, 7) is 7.37. The highest BCUT2D eigenvalue weighted by molar-refractivity contribution is 6.10. The van der Waals surface area contributed by atoms with Gasteiger partial charge in [0.15, 0.2) is 11.8 Å². The zero-order valence-corrected chi connectivity index (χ0v) is 17.7. The maximum Gasteiger partial charge on any atom is 0.230 e. The molecule has 3 rings (SSSR count). The van der Waals surface area contributed by atoms with Gasteiger partial charge in [-0.3, -0.25) is 4.79 Å². The van der Waals surface area contributed by atoms with Gasteiger partial charge in [-0.25, -0.2) is 9.67 Å². The lowest BCUT2D eigenvalue weighted by Crippen LogP contribution is -2.28. The van der Waals surface area contributed by atoms with Crippen molar-refractivity contribution in [2.24, 2.45) is 17.6 Å². The van der Waals surface area contributed by atoms with E-state index in [4.69, 9.17) is 4.84 Å². The number of tetrazole rings is 1. The van der Waals surface area contributed by atoms with Gasteiger partial charge in [0, 0.05) is 18.0 Å². The standard InChI is InChI=1S/C21H25N7O2/c1-14(16-12-9-13-17(22-16)23-20(29)21(2,3)4)30-25-18(15-10-7-6-8-11-15)19-24-26-27-28(19)5/h6-14H,1-5H3,(H,22,23,29)/b25-18-. The number of benzene rings is 1. The van der Waals surface area contributed by atoms with E-state index in [1.54, 1.807) is 13.1 Å². The van der Waals surface area contributed by atoms with Gasteiger partial charge < -0.3 is 10.2 Å². The number of aryl methyl sites for hydroxylation is 1. The van der Waals surface area contributed by atoms with E-state index in [9.17, 15) is 4.79 Å². The van der Waals surface area contributed by atoms with Crippen LogP contribution in [-0.2, 0) is 16.7 Å². The summed E-state index contributed by atoms with van der Waals surface area (Å²) in [5.41, 5.74) is 1.45. The van der Waals surface area contributed by atoms with Crippen LogP contribution < -0.4 is 5.32 Å². The lowest BCUT2D eigenvalue weighted by atomic mass is 9.96. The molecule has 156 valence electrons. The number of pyridine rings is 1. The Hall–Kier alpha value is -3.62. The predicted octanol–water partition coefficient (Wildman–Crippen LogP) is 3.12. The minimum Gasteiger partial charge on any atom is -0.386 e. The summed E-state index contributed by atoms with van der Waals surface area (Å²) in [5, 5.41) is 18.8. The molecule has 0 bridgehead atoms. The molecule has 2 aromatic heterocycles. The summed E-state index contributed by atoms with van der Waals surface area (Å²) in [6.07, 6.45) is -0.462. The number of rotatable bonds is 6. The number of nitrogens with zero attached hydrogens (tertiary/aromatic N) is 6. The van der Waals surface area contributed by atoms with Crippen molar-refractivity contribution in [3.05, 3.63) is 65.6 Å². The molecule has 0 fully saturated rings. The maximum atomic E-state index is 12.2. The van der Waals surface area contributed by atoms with Crippen molar-refractivity contribution in [3.8, 4) is 0 Å². The van der Waals surface area contributed by atoms with E-state index >= 15 is 0 Å². The summed E-state index contributed by atoms with van der Waals surface area (Å²) in [6, 6.07) is 14.9. The minimum absolute atomic E-state index is 0.111. The van der Waals surface area contributed by atoms with Gasteiger partial charge in [0.1, 0.15) is 5.82 Å². The number of aromatic nitrogens is 5. The molecule has 1 N–H and O–H groups in total. The van der Waals surface area contributed by atoms with Crippen molar-refractivity contribution in [3.63, 3.8) is 0 Å². The summed E-state index contributed by atoms with van der Waals surface area (Å²) >= 11 is 0. The molecule has 30 heavy (non-hydrogen) atoms. The van der Waals surface area contributed by atoms with E-state index in [0.717, 1.165) is 5.56 Å². The first kappa shape index (κ1) is 21.1. The van der Waals surface area contributed by atoms with E-state index in [1.807, 2.05) is 70.2 Å². The molecule has 1 amide bonds. The fraction of sp³-hybridized carbons (Fsp3) is 0.333. The summed E-state index contributed by atoms with van der Waals surface area (Å²) < 4.78 is 1.53. The van der Waals surface area contributed by atoms with Crippen LogP contribution in [0.1, 0.15) is 50.9 Å². The van der Waals surface area contributed by atoms with E-state index in [1.165, 1.54) is 4.68 Å². The van der Waals surface area contributed by atoms with Crippen molar-refractivity contribution in [2.45, 2.75) is 33.8 Å². The van der Waals surface area contributed by atoms with E-state index in [0.29, 0.717) is 23.0 Å². The van der Waals surface area contributed by atoms with Gasteiger partial charge in [0.05, 0.1) is 5.69 Å². The number of hydrogen-bond acceptors (Lipinski definition) is 7. The Labute approximate surface area is 175 Å². The zero-order chi connectivity index (χ0) is 21.7. The molecule has 0 radical (unpaired) electrons. The molecular formula is C21H25N7O2. The van der Waals surface area contributed by atoms with E-state index in [2.05, 4.69) is 31.0 Å². The van der Waals surface area contributed by atoms with Gasteiger partial charge in [-0.2, -0.15) is 0 Å². The Bertz CT molecular complexity index is 1040. The molecular weight excluding hydrogens is 382 g/mol. The molecule has 9 nitrogen and oxygen atoms in total. The quantitative estimate of drug-likeness (QED) is 0.497. The van der Waals surface area contributed by atoms with Crippen LogP contribution in [0.15, 0.2) is 53.7 Å². The third-order valence-corrected chi connectivity index (χ3v) is 4.29. The molecule has 2 heterocycles. The number of hydrogen-bond donors (Lipinski definition) is 1. The van der Waals surface area contributed by atoms with Crippen LogP contribution in [0.25, 0.3) is 0 Å². The topological polar surface area (TPSA) is 107 Å². The number of carbonyl (C=O) groups excluding carboxylic acids is 1. The number of nitrogens with one attached hydrogen (secondary N) is 1. The third-order valence-electron chi connectivity index (χ3n) is 4.29. The fourth-order valence-electron chi connectivity index (χ4n) is 2.49. The molecule has 1 atom stereocenters. The Morgan fingerprint density at radius 1 is 1.13 bits per heavy atom. The van der Waals surface area contributed by atoms with Crippen LogP contribution in [0, 0.1) is 5.41 Å². The van der Waals surface area contributed by atoms with Crippen LogP contribution in [0.3, 0.4) is 0 Å². The number of carbonyl (C=O) groups is 1. The monoisotopic (exact) mass is 407 g/mol. The van der Waals surface area contributed by atoms with Crippen LogP contribution in [0.4, 0.5) is 5.82 Å². The Morgan fingerprint density at radius 3 is 2.50 bits per heavy atom. The number of oxime groups is 1. The minimum atomic E-state index is -0.515. The highest BCUT2D eigenvalue weighted by Crippen LogP contribution is 2.20. The van der Waals surface area contributed by atoms with E-state index < -0.39 is 11.5 Å². The predicted molar refractivity (Wildman–Crippen MR) is 113 cm³/mol. The third kappa shape index (κ3) is 5.05. The van der Waals surface area contributed by atoms with Gasteiger partial charge >= 0.3 is 0 Å². The maximum absolute atomic E-state index is 12.2. The van der Waals surface area contributed by atoms with Crippen LogP contribution >= 0.6 is 0 Å². The van der Waals surface area contributed by atoms with Crippen molar-refractivity contribution < 1.29 is 9.63 Å². The number of anilines is 1. The second-order valence-electron chi connectivity index (χ2n) is 7.83. The average molecular weight is 407 g/mol.